The third-order valence-corrected chi connectivity index (χ3v) is 10.8. The van der Waals surface area contributed by atoms with Crippen LogP contribution in [-0.2, 0) is 18.9 Å². The molecule has 5 aromatic carbocycles. The standard InChI is InChI=1S/C54H46O28/c55-43(56)27-13-28(44(57)58)18-35(17-27)75-5-1-9-79-51(71)39-25-41(53(73)81-11-3-7-77-37-21-31(47(63)64)15-32(22-37)48(65)66)42(54(74)82-12-4-8-78-38-23-33(49(67)68)16-34(24-38)50(69)70)26-40(39)52(72)80-10-2-6-76-36-19-29(45(59)60)14-30(20-36)46(61)62/h13-26H,1-12H2,(H,55,56)(H,57,58)(H,59,60)(H,61,62)(H,63,64)(H,65,66)(H,67,68)(H,69,70). The fourth-order valence-electron chi connectivity index (χ4n) is 6.96. The van der Waals surface area contributed by atoms with Gasteiger partial charge in [-0.2, -0.15) is 0 Å². The summed E-state index contributed by atoms with van der Waals surface area (Å²) in [4.78, 5) is 148. The highest BCUT2D eigenvalue weighted by Gasteiger charge is 2.29. The maximum Gasteiger partial charge on any atom is 0.339 e. The Morgan fingerprint density at radius 2 is 0.390 bits per heavy atom. The van der Waals surface area contributed by atoms with Gasteiger partial charge in [0.15, 0.2) is 0 Å². The zero-order chi connectivity index (χ0) is 60.2. The predicted octanol–water partition coefficient (Wildman–Crippen LogP) is 5.78. The molecule has 0 saturated carbocycles. The van der Waals surface area contributed by atoms with Crippen LogP contribution in [0.4, 0.5) is 0 Å². The summed E-state index contributed by atoms with van der Waals surface area (Å²) in [6.45, 7) is -3.22. The number of rotatable bonds is 32. The van der Waals surface area contributed by atoms with Crippen molar-refractivity contribution in [3.8, 4) is 23.0 Å². The molecular formula is C54H46O28. The molecule has 0 radical (unpaired) electrons. The van der Waals surface area contributed by atoms with E-state index >= 15 is 0 Å². The molecule has 0 aliphatic heterocycles. The van der Waals surface area contributed by atoms with Crippen LogP contribution in [-0.4, -0.2) is 165 Å². The number of carbonyl (C=O) groups is 12. The average Bonchev–Trinajstić information content (AvgIpc) is 3.63. The summed E-state index contributed by atoms with van der Waals surface area (Å²) >= 11 is 0. The van der Waals surface area contributed by atoms with E-state index in [-0.39, 0.29) is 75.1 Å². The van der Waals surface area contributed by atoms with E-state index in [1.165, 1.54) is 0 Å². The molecule has 0 unspecified atom stereocenters. The van der Waals surface area contributed by atoms with Crippen molar-refractivity contribution in [1.82, 2.24) is 0 Å². The van der Waals surface area contributed by atoms with Gasteiger partial charge in [-0.3, -0.25) is 0 Å². The van der Waals surface area contributed by atoms with Crippen LogP contribution in [0, 0.1) is 0 Å². The van der Waals surface area contributed by atoms with Crippen molar-refractivity contribution in [2.75, 3.05) is 52.9 Å². The van der Waals surface area contributed by atoms with Crippen LogP contribution in [0.1, 0.15) is 150 Å². The first kappa shape index (κ1) is 61.8. The molecule has 5 aromatic rings. The number of ether oxygens (including phenoxy) is 8. The van der Waals surface area contributed by atoms with Gasteiger partial charge in [-0.1, -0.05) is 0 Å². The molecular weight excluding hydrogens is 1100 g/mol. The minimum absolute atomic E-state index is 0.149. The van der Waals surface area contributed by atoms with Crippen molar-refractivity contribution in [3.05, 3.63) is 152 Å². The molecule has 430 valence electrons. The quantitative estimate of drug-likeness (QED) is 0.0144. The van der Waals surface area contributed by atoms with Crippen molar-refractivity contribution in [2.24, 2.45) is 0 Å². The van der Waals surface area contributed by atoms with Crippen LogP contribution in [0.25, 0.3) is 0 Å². The minimum Gasteiger partial charge on any atom is -0.493 e. The zero-order valence-corrected chi connectivity index (χ0v) is 42.3. The minimum atomic E-state index is -1.45. The third kappa shape index (κ3) is 18.0. The number of esters is 4. The summed E-state index contributed by atoms with van der Waals surface area (Å²) in [6, 6.07) is 13.4. The highest BCUT2D eigenvalue weighted by molar-refractivity contribution is 6.10. The third-order valence-electron chi connectivity index (χ3n) is 10.8. The Labute approximate surface area is 460 Å². The van der Waals surface area contributed by atoms with Gasteiger partial charge in [0, 0.05) is 25.7 Å². The molecule has 0 saturated heterocycles. The molecule has 0 atom stereocenters. The Kier molecular flexibility index (Phi) is 21.9. The lowest BCUT2D eigenvalue weighted by Gasteiger charge is -2.16. The van der Waals surface area contributed by atoms with Crippen molar-refractivity contribution in [2.45, 2.75) is 25.7 Å². The molecule has 0 heterocycles. The number of hydrogen-bond donors (Lipinski definition) is 8. The molecule has 0 fully saturated rings. The second-order valence-electron chi connectivity index (χ2n) is 16.7. The Morgan fingerprint density at radius 1 is 0.232 bits per heavy atom. The predicted molar refractivity (Wildman–Crippen MR) is 269 cm³/mol. The molecule has 82 heavy (non-hydrogen) atoms. The van der Waals surface area contributed by atoms with Gasteiger partial charge >= 0.3 is 71.6 Å². The number of hydrogen-bond acceptors (Lipinski definition) is 20. The Bertz CT molecular complexity index is 2780. The molecule has 0 aliphatic rings. The van der Waals surface area contributed by atoms with Crippen LogP contribution < -0.4 is 18.9 Å². The van der Waals surface area contributed by atoms with Crippen molar-refractivity contribution < 1.29 is 136 Å². The number of benzene rings is 5. The fraction of sp³-hybridized carbons (Fsp3) is 0.222. The summed E-state index contributed by atoms with van der Waals surface area (Å²) in [5.41, 5.74) is -6.07. The Balaban J connectivity index is 1.40. The molecule has 5 rings (SSSR count). The van der Waals surface area contributed by atoms with Crippen LogP contribution in [0.2, 0.25) is 0 Å². The van der Waals surface area contributed by atoms with Crippen molar-refractivity contribution in [3.63, 3.8) is 0 Å². The monoisotopic (exact) mass is 1140 g/mol. The lowest BCUT2D eigenvalue weighted by molar-refractivity contribution is 0.0422. The summed E-state index contributed by atoms with van der Waals surface area (Å²) in [6.07, 6.45) is -0.597. The maximum atomic E-state index is 13.9. The van der Waals surface area contributed by atoms with E-state index in [0.717, 1.165) is 84.9 Å². The first-order valence-corrected chi connectivity index (χ1v) is 23.8. The second-order valence-corrected chi connectivity index (χ2v) is 16.7. The molecule has 28 heteroatoms. The maximum absolute atomic E-state index is 13.9. The molecule has 0 aromatic heterocycles. The fourth-order valence-corrected chi connectivity index (χ4v) is 6.96. The molecule has 0 spiro atoms. The van der Waals surface area contributed by atoms with Crippen LogP contribution in [0.5, 0.6) is 23.0 Å². The number of carboxylic acids is 8. The highest BCUT2D eigenvalue weighted by atomic mass is 16.6. The molecule has 0 bridgehead atoms. The topological polar surface area (TPSA) is 441 Å². The van der Waals surface area contributed by atoms with Gasteiger partial charge < -0.3 is 78.7 Å². The lowest BCUT2D eigenvalue weighted by atomic mass is 9.98. The van der Waals surface area contributed by atoms with Crippen molar-refractivity contribution >= 4 is 71.6 Å². The normalized spacial score (nSPS) is 10.5. The number of carboxylic acid groups (broad SMARTS) is 8. The number of carbonyl (C=O) groups excluding carboxylic acids is 4. The van der Waals surface area contributed by atoms with Gasteiger partial charge in [0.2, 0.25) is 0 Å². The van der Waals surface area contributed by atoms with E-state index in [0.29, 0.717) is 0 Å². The lowest BCUT2D eigenvalue weighted by Crippen LogP contribution is -2.22. The van der Waals surface area contributed by atoms with Crippen LogP contribution >= 0.6 is 0 Å². The van der Waals surface area contributed by atoms with Gasteiger partial charge in [-0.25, -0.2) is 57.5 Å². The van der Waals surface area contributed by atoms with Gasteiger partial charge in [0.25, 0.3) is 0 Å². The van der Waals surface area contributed by atoms with E-state index in [1.807, 2.05) is 0 Å². The second kappa shape index (κ2) is 29.1. The van der Waals surface area contributed by atoms with E-state index in [4.69, 9.17) is 37.9 Å². The van der Waals surface area contributed by atoms with Gasteiger partial charge in [0.1, 0.15) is 23.0 Å². The van der Waals surface area contributed by atoms with Crippen LogP contribution in [0.3, 0.4) is 0 Å². The summed E-state index contributed by atoms with van der Waals surface area (Å²) in [7, 11) is 0. The molecule has 28 nitrogen and oxygen atoms in total. The van der Waals surface area contributed by atoms with Crippen LogP contribution in [0.15, 0.2) is 84.9 Å². The first-order valence-electron chi connectivity index (χ1n) is 23.8. The summed E-state index contributed by atoms with van der Waals surface area (Å²) in [5.74, 6) is -17.5. The zero-order valence-electron chi connectivity index (χ0n) is 42.3. The first-order chi connectivity index (χ1) is 38.9. The van der Waals surface area contributed by atoms with Gasteiger partial charge in [-0.05, 0) is 84.9 Å². The SMILES string of the molecule is O=C(O)c1cc(OCCCOC(=O)c2cc(C(=O)OCCCOc3cc(C(=O)O)cc(C(=O)O)c3)c(C(=O)OCCCOc3cc(C(=O)O)cc(C(=O)O)c3)cc2C(=O)OCCCOc2cc(C(=O)O)cc(C(=O)O)c2)cc(C(=O)O)c1. The van der Waals surface area contributed by atoms with E-state index in [9.17, 15) is 98.4 Å². The van der Waals surface area contributed by atoms with Crippen molar-refractivity contribution in [1.29, 1.82) is 0 Å². The number of aromatic carboxylic acids is 8. The molecule has 0 amide bonds. The molecule has 8 N–H and O–H groups in total. The van der Waals surface area contributed by atoms with Gasteiger partial charge in [0.05, 0.1) is 120 Å². The van der Waals surface area contributed by atoms with E-state index in [1.54, 1.807) is 0 Å². The highest BCUT2D eigenvalue weighted by Crippen LogP contribution is 2.25. The van der Waals surface area contributed by atoms with Gasteiger partial charge in [-0.15, -0.1) is 0 Å². The van der Waals surface area contributed by atoms with E-state index < -0.39 is 165 Å². The summed E-state index contributed by atoms with van der Waals surface area (Å²) < 4.78 is 43.4. The smallest absolute Gasteiger partial charge is 0.339 e. The Hall–Kier alpha value is -11.1. The largest absolute Gasteiger partial charge is 0.493 e. The molecule has 0 aliphatic carbocycles. The average molecular weight is 1140 g/mol. The summed E-state index contributed by atoms with van der Waals surface area (Å²) in [5, 5.41) is 75.2. The Morgan fingerprint density at radius 3 is 0.537 bits per heavy atom. The van der Waals surface area contributed by atoms with E-state index in [2.05, 4.69) is 0 Å².